The molecule has 11 heteroatoms. The molecule has 7 rings (SSSR count). The molecule has 4 heterocycles. The van der Waals surface area contributed by atoms with Crippen LogP contribution in [-0.2, 0) is 16.0 Å². The van der Waals surface area contributed by atoms with Gasteiger partial charge in [-0.05, 0) is 61.9 Å². The molecular formula is C34H34ClFN2O7. The first-order valence-corrected chi connectivity index (χ1v) is 15.7. The van der Waals surface area contributed by atoms with Crippen molar-refractivity contribution in [2.24, 2.45) is 5.92 Å². The number of benzene rings is 3. The molecule has 9 nitrogen and oxygen atoms in total. The van der Waals surface area contributed by atoms with Crippen molar-refractivity contribution in [2.45, 2.75) is 44.3 Å². The lowest BCUT2D eigenvalue weighted by atomic mass is 9.96. The number of hydrogen-bond acceptors (Lipinski definition) is 7. The molecule has 1 amide bonds. The van der Waals surface area contributed by atoms with Gasteiger partial charge < -0.3 is 33.9 Å². The number of fused-ring (bicyclic) bond motifs is 3. The Kier molecular flexibility index (Phi) is 8.29. The Morgan fingerprint density at radius 3 is 2.47 bits per heavy atom. The number of halogens is 2. The van der Waals surface area contributed by atoms with Crippen LogP contribution in [0.2, 0.25) is 5.02 Å². The van der Waals surface area contributed by atoms with Crippen molar-refractivity contribution < 1.29 is 38.0 Å². The zero-order chi connectivity index (χ0) is 31.1. The third kappa shape index (κ3) is 5.82. The van der Waals surface area contributed by atoms with Gasteiger partial charge in [0.2, 0.25) is 0 Å². The van der Waals surface area contributed by atoms with E-state index >= 15 is 4.39 Å². The van der Waals surface area contributed by atoms with Crippen molar-refractivity contribution in [1.82, 2.24) is 4.90 Å². The molecule has 0 aromatic heterocycles. The van der Waals surface area contributed by atoms with Crippen molar-refractivity contribution >= 4 is 29.2 Å². The Morgan fingerprint density at radius 2 is 1.73 bits per heavy atom. The summed E-state index contributed by atoms with van der Waals surface area (Å²) in [5, 5.41) is 10.2. The number of carboxylic acid groups (broad SMARTS) is 1. The van der Waals surface area contributed by atoms with E-state index in [1.807, 2.05) is 6.07 Å². The quantitative estimate of drug-likeness (QED) is 0.337. The van der Waals surface area contributed by atoms with Gasteiger partial charge in [-0.1, -0.05) is 29.8 Å². The summed E-state index contributed by atoms with van der Waals surface area (Å²) in [5.41, 5.74) is 2.19. The molecular weight excluding hydrogens is 603 g/mol. The second-order valence-corrected chi connectivity index (χ2v) is 12.5. The monoisotopic (exact) mass is 636 g/mol. The van der Waals surface area contributed by atoms with Gasteiger partial charge in [-0.2, -0.15) is 0 Å². The number of nitrogens with zero attached hydrogens (tertiary/aromatic N) is 2. The Balaban J connectivity index is 1.12. The summed E-state index contributed by atoms with van der Waals surface area (Å²) in [6.45, 7) is 3.24. The molecule has 2 unspecified atom stereocenters. The van der Waals surface area contributed by atoms with Crippen molar-refractivity contribution in [3.63, 3.8) is 0 Å². The minimum atomic E-state index is -1.18. The number of morpholine rings is 1. The summed E-state index contributed by atoms with van der Waals surface area (Å²) in [5.74, 6) is -0.638. The number of amides is 1. The summed E-state index contributed by atoms with van der Waals surface area (Å²) in [6, 6.07) is 13.2. The summed E-state index contributed by atoms with van der Waals surface area (Å²) >= 11 is 6.54. The molecule has 4 aliphatic heterocycles. The van der Waals surface area contributed by atoms with Gasteiger partial charge in [-0.25, -0.2) is 9.18 Å². The number of carbonyl (C=O) groups is 2. The van der Waals surface area contributed by atoms with Crippen LogP contribution in [0.25, 0.3) is 11.1 Å². The molecule has 0 aliphatic carbocycles. The predicted molar refractivity (Wildman–Crippen MR) is 165 cm³/mol. The molecule has 3 aromatic rings. The van der Waals surface area contributed by atoms with E-state index in [-0.39, 0.29) is 47.4 Å². The predicted octanol–water partition coefficient (Wildman–Crippen LogP) is 6.01. The molecule has 3 saturated heterocycles. The number of carbonyl (C=O) groups excluding carboxylic acids is 1. The number of rotatable bonds is 7. The van der Waals surface area contributed by atoms with Crippen LogP contribution in [0.4, 0.5) is 10.1 Å². The highest BCUT2D eigenvalue weighted by molar-refractivity contribution is 6.34. The summed E-state index contributed by atoms with van der Waals surface area (Å²) < 4.78 is 38.8. The molecule has 2 bridgehead atoms. The molecule has 4 aliphatic rings. The van der Waals surface area contributed by atoms with Gasteiger partial charge >= 0.3 is 5.97 Å². The molecule has 3 aromatic carbocycles. The first kappa shape index (κ1) is 29.8. The molecule has 0 saturated carbocycles. The van der Waals surface area contributed by atoms with E-state index in [1.54, 1.807) is 36.4 Å². The average molecular weight is 637 g/mol. The number of ether oxygens (including phenoxy) is 4. The van der Waals surface area contributed by atoms with Crippen molar-refractivity contribution in [3.8, 4) is 22.6 Å². The van der Waals surface area contributed by atoms with E-state index in [0.717, 1.165) is 45.0 Å². The van der Waals surface area contributed by atoms with Crippen LogP contribution in [0.15, 0.2) is 48.5 Å². The van der Waals surface area contributed by atoms with Crippen LogP contribution in [0.5, 0.6) is 11.5 Å². The normalized spacial score (nSPS) is 21.3. The number of para-hydroxylation sites is 1. The minimum absolute atomic E-state index is 0.0418. The second kappa shape index (κ2) is 12.5. The number of hydrogen-bond donors (Lipinski definition) is 1. The van der Waals surface area contributed by atoms with Crippen LogP contribution >= 0.6 is 11.6 Å². The zero-order valence-electron chi connectivity index (χ0n) is 24.7. The van der Waals surface area contributed by atoms with Crippen LogP contribution in [0, 0.1) is 11.7 Å². The highest BCUT2D eigenvalue weighted by atomic mass is 35.5. The molecule has 2 atom stereocenters. The largest absolute Gasteiger partial charge is 0.493 e. The van der Waals surface area contributed by atoms with E-state index in [0.29, 0.717) is 59.6 Å². The summed E-state index contributed by atoms with van der Waals surface area (Å²) in [7, 11) is 0. The highest BCUT2D eigenvalue weighted by Crippen LogP contribution is 2.43. The third-order valence-corrected chi connectivity index (χ3v) is 9.54. The van der Waals surface area contributed by atoms with Gasteiger partial charge in [0.05, 0.1) is 60.3 Å². The van der Waals surface area contributed by atoms with E-state index in [9.17, 15) is 14.7 Å². The van der Waals surface area contributed by atoms with Gasteiger partial charge in [0.15, 0.2) is 6.73 Å². The SMILES string of the molecule is O=C(O)c1cc(F)c(-c2cccc3c2OCN(C(=O)c2ccc(OCC4CCOCC4)cc2Cl)C3)cc1N1C2CCC1COC2. The maximum atomic E-state index is 15.6. The molecule has 1 N–H and O–H groups in total. The number of anilines is 1. The van der Waals surface area contributed by atoms with E-state index in [4.69, 9.17) is 30.5 Å². The molecule has 0 radical (unpaired) electrons. The maximum Gasteiger partial charge on any atom is 0.337 e. The fourth-order valence-corrected chi connectivity index (χ4v) is 7.10. The van der Waals surface area contributed by atoms with Crippen molar-refractivity contribution in [3.05, 3.63) is 76.1 Å². The Labute approximate surface area is 265 Å². The van der Waals surface area contributed by atoms with Crippen molar-refractivity contribution in [2.75, 3.05) is 44.7 Å². The fraction of sp³-hybridized carbons (Fsp3) is 0.412. The summed E-state index contributed by atoms with van der Waals surface area (Å²) in [6.07, 6.45) is 3.69. The molecule has 0 spiro atoms. The first-order valence-electron chi connectivity index (χ1n) is 15.3. The minimum Gasteiger partial charge on any atom is -0.493 e. The maximum absolute atomic E-state index is 15.6. The Bertz CT molecular complexity index is 1610. The smallest absolute Gasteiger partial charge is 0.337 e. The zero-order valence-corrected chi connectivity index (χ0v) is 25.4. The van der Waals surface area contributed by atoms with Gasteiger partial charge in [0.25, 0.3) is 5.91 Å². The van der Waals surface area contributed by atoms with Gasteiger partial charge in [-0.3, -0.25) is 4.79 Å². The molecule has 3 fully saturated rings. The lowest BCUT2D eigenvalue weighted by molar-refractivity contribution is 0.0495. The molecule has 236 valence electrons. The summed E-state index contributed by atoms with van der Waals surface area (Å²) in [4.78, 5) is 29.3. The first-order chi connectivity index (χ1) is 21.9. The fourth-order valence-electron chi connectivity index (χ4n) is 6.85. The average Bonchev–Trinajstić information content (AvgIpc) is 3.30. The van der Waals surface area contributed by atoms with Gasteiger partial charge in [0, 0.05) is 29.9 Å². The second-order valence-electron chi connectivity index (χ2n) is 12.1. The number of aromatic carboxylic acids is 1. The van der Waals surface area contributed by atoms with E-state index in [2.05, 4.69) is 4.90 Å². The Hall–Kier alpha value is -3.86. The standard InChI is InChI=1S/C34H34ClFN2O7/c35-29-12-24(44-16-20-8-10-42-11-9-20)6-7-26(29)33(39)37-15-21-2-1-3-25(32(21)45-19-37)27-14-31(28(34(40)41)13-30(27)36)38-22-4-5-23(38)18-43-17-22/h1-3,6-7,12-14,20,22-23H,4-5,8-11,15-19H2,(H,40,41). The van der Waals surface area contributed by atoms with E-state index < -0.39 is 11.8 Å². The third-order valence-electron chi connectivity index (χ3n) is 9.23. The number of carboxylic acids is 1. The van der Waals surface area contributed by atoms with Crippen molar-refractivity contribution in [1.29, 1.82) is 0 Å². The Morgan fingerprint density at radius 1 is 0.956 bits per heavy atom. The van der Waals surface area contributed by atoms with Crippen LogP contribution < -0.4 is 14.4 Å². The van der Waals surface area contributed by atoms with Crippen LogP contribution in [-0.4, -0.2) is 73.7 Å². The lowest BCUT2D eigenvalue weighted by Crippen LogP contribution is -2.46. The van der Waals surface area contributed by atoms with Gasteiger partial charge in [0.1, 0.15) is 17.3 Å². The van der Waals surface area contributed by atoms with Gasteiger partial charge in [-0.15, -0.1) is 0 Å². The molecule has 45 heavy (non-hydrogen) atoms. The van der Waals surface area contributed by atoms with Crippen LogP contribution in [0.3, 0.4) is 0 Å². The van der Waals surface area contributed by atoms with Crippen LogP contribution in [0.1, 0.15) is 52.0 Å². The highest BCUT2D eigenvalue weighted by Gasteiger charge is 2.40. The lowest BCUT2D eigenvalue weighted by Gasteiger charge is -2.37. The topological polar surface area (TPSA) is 97.8 Å². The van der Waals surface area contributed by atoms with E-state index in [1.165, 1.54) is 4.90 Å².